The first-order valence-corrected chi connectivity index (χ1v) is 7.37. The normalized spacial score (nSPS) is 20.3. The Balaban J connectivity index is 2.02. The topological polar surface area (TPSA) is 47.9 Å². The Kier molecular flexibility index (Phi) is 4.37. The molecule has 0 N–H and O–H groups in total. The van der Waals surface area contributed by atoms with Crippen LogP contribution in [-0.4, -0.2) is 18.5 Å². The van der Waals surface area contributed by atoms with Gasteiger partial charge in [0.25, 0.3) is 6.47 Å². The molecule has 0 fully saturated rings. The van der Waals surface area contributed by atoms with E-state index in [1.54, 1.807) is 18.2 Å². The predicted octanol–water partition coefficient (Wildman–Crippen LogP) is 3.66. The fourth-order valence-electron chi connectivity index (χ4n) is 2.66. The van der Waals surface area contributed by atoms with Crippen molar-refractivity contribution in [2.45, 2.75) is 25.5 Å². The molecular weight excluding hydrogens is 297 g/mol. The highest BCUT2D eigenvalue weighted by Gasteiger charge is 2.27. The van der Waals surface area contributed by atoms with Gasteiger partial charge in [0.05, 0.1) is 12.1 Å². The molecule has 0 bridgehead atoms. The Hall–Kier alpha value is -2.69. The van der Waals surface area contributed by atoms with Gasteiger partial charge in [0.2, 0.25) is 5.90 Å². The number of carbonyl (C=O) groups excluding carboxylic acids is 1. The number of hydrogen-bond donors (Lipinski definition) is 0. The molecule has 0 amide bonds. The van der Waals surface area contributed by atoms with Crippen LogP contribution >= 0.6 is 0 Å². The molecule has 118 valence electrons. The molecular formula is C18H16FNO3. The molecule has 0 aliphatic carbocycles. The molecule has 2 aromatic rings. The first-order chi connectivity index (χ1) is 11.2. The molecule has 1 heterocycles. The van der Waals surface area contributed by atoms with Crippen molar-refractivity contribution in [2.24, 2.45) is 4.99 Å². The van der Waals surface area contributed by atoms with Crippen LogP contribution in [0.25, 0.3) is 0 Å². The number of nitrogens with zero attached hydrogens (tertiary/aromatic N) is 1. The number of rotatable bonds is 3. The molecule has 23 heavy (non-hydrogen) atoms. The lowest BCUT2D eigenvalue weighted by atomic mass is 9.97. The van der Waals surface area contributed by atoms with Crippen LogP contribution in [0.3, 0.4) is 0 Å². The lowest BCUT2D eigenvalue weighted by Gasteiger charge is -2.28. The standard InChI is InChI=1S/C18H16FNO3/c1-12-9-16(15-10-14(19)7-8-17(15)23-12)20-18(22-11-21)13-5-3-2-4-6-13/h2-8,10-12,16H,9H2,1H3/b20-18-/t12-,16-/m1/s1. The molecule has 0 radical (unpaired) electrons. The Morgan fingerprint density at radius 3 is 2.83 bits per heavy atom. The highest BCUT2D eigenvalue weighted by molar-refractivity contribution is 5.97. The minimum Gasteiger partial charge on any atom is -0.490 e. The second-order valence-corrected chi connectivity index (χ2v) is 5.38. The first-order valence-electron chi connectivity index (χ1n) is 7.37. The summed E-state index contributed by atoms with van der Waals surface area (Å²) >= 11 is 0. The van der Waals surface area contributed by atoms with E-state index in [-0.39, 0.29) is 23.9 Å². The monoisotopic (exact) mass is 313 g/mol. The van der Waals surface area contributed by atoms with Crippen LogP contribution < -0.4 is 4.74 Å². The maximum absolute atomic E-state index is 13.6. The molecule has 0 aromatic heterocycles. The van der Waals surface area contributed by atoms with Gasteiger partial charge < -0.3 is 9.47 Å². The third kappa shape index (κ3) is 3.39. The molecule has 0 saturated heterocycles. The Morgan fingerprint density at radius 2 is 2.09 bits per heavy atom. The summed E-state index contributed by atoms with van der Waals surface area (Å²) < 4.78 is 24.3. The van der Waals surface area contributed by atoms with E-state index in [1.807, 2.05) is 25.1 Å². The third-order valence-corrected chi connectivity index (χ3v) is 3.67. The number of benzene rings is 2. The summed E-state index contributed by atoms with van der Waals surface area (Å²) in [4.78, 5) is 15.4. The van der Waals surface area contributed by atoms with Crippen LogP contribution in [-0.2, 0) is 9.53 Å². The quantitative estimate of drug-likeness (QED) is 0.493. The van der Waals surface area contributed by atoms with Gasteiger partial charge in [0.15, 0.2) is 0 Å². The highest BCUT2D eigenvalue weighted by atomic mass is 19.1. The Morgan fingerprint density at radius 1 is 1.30 bits per heavy atom. The maximum atomic E-state index is 13.6. The van der Waals surface area contributed by atoms with E-state index in [0.29, 0.717) is 29.8 Å². The average molecular weight is 313 g/mol. The van der Waals surface area contributed by atoms with E-state index in [9.17, 15) is 9.18 Å². The summed E-state index contributed by atoms with van der Waals surface area (Å²) in [6.45, 7) is 2.28. The molecule has 4 nitrogen and oxygen atoms in total. The minimum absolute atomic E-state index is 0.0602. The number of halogens is 1. The Bertz CT molecular complexity index is 730. The van der Waals surface area contributed by atoms with Crippen LogP contribution in [0.15, 0.2) is 53.5 Å². The molecule has 2 aromatic carbocycles. The molecule has 5 heteroatoms. The SMILES string of the molecule is C[C@@H]1C[C@@H](/N=C(\OC=O)c2ccccc2)c2cc(F)ccc2O1. The number of hydrogen-bond acceptors (Lipinski definition) is 4. The van der Waals surface area contributed by atoms with E-state index < -0.39 is 0 Å². The zero-order valence-electron chi connectivity index (χ0n) is 12.6. The van der Waals surface area contributed by atoms with E-state index in [1.165, 1.54) is 12.1 Å². The molecule has 2 atom stereocenters. The van der Waals surface area contributed by atoms with Gasteiger partial charge >= 0.3 is 0 Å². The van der Waals surface area contributed by atoms with Crippen LogP contribution in [0.2, 0.25) is 0 Å². The van der Waals surface area contributed by atoms with Crippen LogP contribution in [0.4, 0.5) is 4.39 Å². The lowest BCUT2D eigenvalue weighted by Crippen LogP contribution is -2.23. The molecule has 3 rings (SSSR count). The third-order valence-electron chi connectivity index (χ3n) is 3.67. The van der Waals surface area contributed by atoms with Gasteiger partial charge in [-0.2, -0.15) is 0 Å². The van der Waals surface area contributed by atoms with Gasteiger partial charge in [0, 0.05) is 17.5 Å². The molecule has 0 spiro atoms. The zero-order chi connectivity index (χ0) is 16.2. The Labute approximate surface area is 133 Å². The molecule has 0 saturated carbocycles. The summed E-state index contributed by atoms with van der Waals surface area (Å²) in [7, 11) is 0. The van der Waals surface area contributed by atoms with Gasteiger partial charge in [-0.25, -0.2) is 9.38 Å². The van der Waals surface area contributed by atoms with Crippen molar-refractivity contribution in [3.63, 3.8) is 0 Å². The number of carbonyl (C=O) groups is 1. The van der Waals surface area contributed by atoms with E-state index in [2.05, 4.69) is 4.99 Å². The van der Waals surface area contributed by atoms with Gasteiger partial charge in [-0.15, -0.1) is 0 Å². The number of fused-ring (bicyclic) bond motifs is 1. The van der Waals surface area contributed by atoms with Crippen LogP contribution in [0.5, 0.6) is 5.75 Å². The molecule has 1 aliphatic heterocycles. The summed E-state index contributed by atoms with van der Waals surface area (Å²) in [5.74, 6) is 0.479. The number of ether oxygens (including phenoxy) is 2. The number of aliphatic imine (C=N–C) groups is 1. The van der Waals surface area contributed by atoms with E-state index >= 15 is 0 Å². The summed E-state index contributed by atoms with van der Waals surface area (Å²) in [5, 5.41) is 0. The smallest absolute Gasteiger partial charge is 0.299 e. The van der Waals surface area contributed by atoms with E-state index in [0.717, 1.165) is 0 Å². The molecule has 0 unspecified atom stereocenters. The maximum Gasteiger partial charge on any atom is 0.299 e. The summed E-state index contributed by atoms with van der Waals surface area (Å²) in [6, 6.07) is 13.2. The van der Waals surface area contributed by atoms with E-state index in [4.69, 9.17) is 9.47 Å². The van der Waals surface area contributed by atoms with Crippen molar-refractivity contribution in [1.29, 1.82) is 0 Å². The second kappa shape index (κ2) is 6.60. The van der Waals surface area contributed by atoms with Crippen molar-refractivity contribution in [3.8, 4) is 5.75 Å². The van der Waals surface area contributed by atoms with Crippen molar-refractivity contribution < 1.29 is 18.7 Å². The van der Waals surface area contributed by atoms with Crippen molar-refractivity contribution >= 4 is 12.4 Å². The van der Waals surface area contributed by atoms with Gasteiger partial charge in [-0.1, -0.05) is 18.2 Å². The fraction of sp³-hybridized carbons (Fsp3) is 0.222. The lowest BCUT2D eigenvalue weighted by molar-refractivity contribution is -0.121. The van der Waals surface area contributed by atoms with Gasteiger partial charge in [0.1, 0.15) is 11.6 Å². The highest BCUT2D eigenvalue weighted by Crippen LogP contribution is 2.37. The van der Waals surface area contributed by atoms with Crippen LogP contribution in [0, 0.1) is 5.82 Å². The molecule has 1 aliphatic rings. The van der Waals surface area contributed by atoms with Crippen molar-refractivity contribution in [2.75, 3.05) is 0 Å². The van der Waals surface area contributed by atoms with Crippen molar-refractivity contribution in [1.82, 2.24) is 0 Å². The van der Waals surface area contributed by atoms with Crippen LogP contribution in [0.1, 0.15) is 30.5 Å². The first kappa shape index (κ1) is 15.2. The van der Waals surface area contributed by atoms with Crippen molar-refractivity contribution in [3.05, 3.63) is 65.5 Å². The largest absolute Gasteiger partial charge is 0.490 e. The summed E-state index contributed by atoms with van der Waals surface area (Å²) in [5.41, 5.74) is 1.35. The summed E-state index contributed by atoms with van der Waals surface area (Å²) in [6.07, 6.45) is 0.518. The van der Waals surface area contributed by atoms with Gasteiger partial charge in [-0.05, 0) is 37.3 Å². The minimum atomic E-state index is -0.348. The average Bonchev–Trinajstić information content (AvgIpc) is 2.56. The van der Waals surface area contributed by atoms with Gasteiger partial charge in [-0.3, -0.25) is 4.79 Å². The predicted molar refractivity (Wildman–Crippen MR) is 84.0 cm³/mol. The fourth-order valence-corrected chi connectivity index (χ4v) is 2.66. The second-order valence-electron chi connectivity index (χ2n) is 5.38. The zero-order valence-corrected chi connectivity index (χ0v) is 12.6.